The van der Waals surface area contributed by atoms with E-state index in [-0.39, 0.29) is 12.8 Å². The zero-order valence-corrected chi connectivity index (χ0v) is 7.27. The van der Waals surface area contributed by atoms with Crippen LogP contribution in [0.5, 0.6) is 0 Å². The minimum absolute atomic E-state index is 0.160. The summed E-state index contributed by atoms with van der Waals surface area (Å²) in [5, 5.41) is 9.63. The van der Waals surface area contributed by atoms with Crippen LogP contribution in [0.2, 0.25) is 0 Å². The lowest BCUT2D eigenvalue weighted by atomic mass is 9.79. The van der Waals surface area contributed by atoms with E-state index in [0.29, 0.717) is 12.8 Å². The molecule has 3 N–H and O–H groups in total. The predicted octanol–water partition coefficient (Wildman–Crippen LogP) is 1.57. The zero-order chi connectivity index (χ0) is 10.1. The Bertz CT molecular complexity index is 175. The fourth-order valence-electron chi connectivity index (χ4n) is 1.78. The summed E-state index contributed by atoms with van der Waals surface area (Å²) >= 11 is 0. The molecule has 0 aromatic heterocycles. The molecule has 0 amide bonds. The third kappa shape index (κ3) is 2.34. The van der Waals surface area contributed by atoms with Gasteiger partial charge in [0.15, 0.2) is 0 Å². The second-order valence-electron chi connectivity index (χ2n) is 3.68. The molecule has 0 aliphatic heterocycles. The molecule has 0 radical (unpaired) electrons. The van der Waals surface area contributed by atoms with E-state index in [2.05, 4.69) is 0 Å². The Hall–Kier alpha value is -0.290. The molecule has 0 saturated heterocycles. The minimum Gasteiger partial charge on any atom is -0.388 e. The van der Waals surface area contributed by atoms with Crippen molar-refractivity contribution in [3.05, 3.63) is 0 Å². The van der Waals surface area contributed by atoms with Crippen molar-refractivity contribution >= 4 is 0 Å². The summed E-state index contributed by atoms with van der Waals surface area (Å²) in [7, 11) is 0. The van der Waals surface area contributed by atoms with Crippen LogP contribution in [0.25, 0.3) is 0 Å². The Kier molecular flexibility index (Phi) is 2.87. The van der Waals surface area contributed by atoms with Gasteiger partial charge in [-0.05, 0) is 12.8 Å². The van der Waals surface area contributed by atoms with Crippen LogP contribution in [-0.4, -0.2) is 22.9 Å². The molecule has 13 heavy (non-hydrogen) atoms. The van der Waals surface area contributed by atoms with Crippen LogP contribution >= 0.6 is 0 Å². The maximum absolute atomic E-state index is 12.2. The maximum Gasteiger partial charge on any atom is 0.406 e. The van der Waals surface area contributed by atoms with Gasteiger partial charge in [-0.1, -0.05) is 19.3 Å². The average molecular weight is 197 g/mol. The molecule has 1 fully saturated rings. The number of aliphatic hydroxyl groups is 1. The molecule has 0 aromatic carbocycles. The number of hydrogen-bond acceptors (Lipinski definition) is 2. The Balaban J connectivity index is 2.67. The van der Waals surface area contributed by atoms with E-state index >= 15 is 0 Å². The lowest BCUT2D eigenvalue weighted by Gasteiger charge is -2.37. The highest BCUT2D eigenvalue weighted by molar-refractivity contribution is 4.95. The summed E-state index contributed by atoms with van der Waals surface area (Å²) in [5.74, 6) is 0. The second-order valence-corrected chi connectivity index (χ2v) is 3.68. The predicted molar refractivity (Wildman–Crippen MR) is 42.1 cm³/mol. The Morgan fingerprint density at radius 3 is 2.00 bits per heavy atom. The summed E-state index contributed by atoms with van der Waals surface area (Å²) in [6, 6.07) is -2.10. The Morgan fingerprint density at radius 2 is 1.62 bits per heavy atom. The van der Waals surface area contributed by atoms with Crippen LogP contribution in [-0.2, 0) is 0 Å². The van der Waals surface area contributed by atoms with Crippen LogP contribution < -0.4 is 5.73 Å². The van der Waals surface area contributed by atoms with Gasteiger partial charge in [-0.3, -0.25) is 0 Å². The van der Waals surface area contributed by atoms with Crippen molar-refractivity contribution in [3.8, 4) is 0 Å². The van der Waals surface area contributed by atoms with Crippen LogP contribution in [0, 0.1) is 0 Å². The molecule has 0 bridgehead atoms. The van der Waals surface area contributed by atoms with Crippen molar-refractivity contribution in [2.24, 2.45) is 5.73 Å². The monoisotopic (exact) mass is 197 g/mol. The van der Waals surface area contributed by atoms with Crippen molar-refractivity contribution < 1.29 is 18.3 Å². The van der Waals surface area contributed by atoms with Crippen LogP contribution in [0.3, 0.4) is 0 Å². The summed E-state index contributed by atoms with van der Waals surface area (Å²) in [5.41, 5.74) is 3.26. The standard InChI is InChI=1S/C8H14F3NO/c9-8(10,11)6(12)7(13)4-2-1-3-5-7/h6,13H,1-5,12H2/t6-/m0/s1. The molecule has 2 nitrogen and oxygen atoms in total. The van der Waals surface area contributed by atoms with Gasteiger partial charge in [0.2, 0.25) is 0 Å². The van der Waals surface area contributed by atoms with Crippen LogP contribution in [0.1, 0.15) is 32.1 Å². The van der Waals surface area contributed by atoms with Crippen LogP contribution in [0.4, 0.5) is 13.2 Å². The quantitative estimate of drug-likeness (QED) is 0.670. The van der Waals surface area contributed by atoms with Gasteiger partial charge >= 0.3 is 6.18 Å². The number of nitrogens with two attached hydrogens (primary N) is 1. The molecule has 1 atom stereocenters. The van der Waals surface area contributed by atoms with Gasteiger partial charge < -0.3 is 10.8 Å². The summed E-state index contributed by atoms with van der Waals surface area (Å²) in [4.78, 5) is 0. The third-order valence-electron chi connectivity index (χ3n) is 2.65. The number of hydrogen-bond donors (Lipinski definition) is 2. The van der Waals surface area contributed by atoms with E-state index in [0.717, 1.165) is 6.42 Å². The van der Waals surface area contributed by atoms with Crippen LogP contribution in [0.15, 0.2) is 0 Å². The van der Waals surface area contributed by atoms with Crippen molar-refractivity contribution in [2.45, 2.75) is 49.9 Å². The molecule has 0 spiro atoms. The smallest absolute Gasteiger partial charge is 0.388 e. The van der Waals surface area contributed by atoms with Crippen molar-refractivity contribution in [3.63, 3.8) is 0 Å². The number of alkyl halides is 3. The average Bonchev–Trinajstić information content (AvgIpc) is 2.03. The van der Waals surface area contributed by atoms with Gasteiger partial charge in [0.1, 0.15) is 6.04 Å². The Morgan fingerprint density at radius 1 is 1.15 bits per heavy atom. The lowest BCUT2D eigenvalue weighted by Crippen LogP contribution is -2.57. The fourth-order valence-corrected chi connectivity index (χ4v) is 1.78. The normalized spacial score (nSPS) is 25.6. The van der Waals surface area contributed by atoms with E-state index < -0.39 is 17.8 Å². The summed E-state index contributed by atoms with van der Waals surface area (Å²) in [6.45, 7) is 0. The topological polar surface area (TPSA) is 46.2 Å². The van der Waals surface area contributed by atoms with E-state index in [9.17, 15) is 18.3 Å². The molecular formula is C8H14F3NO. The number of rotatable bonds is 1. The molecule has 1 rings (SSSR count). The molecule has 5 heteroatoms. The molecule has 1 aliphatic carbocycles. The van der Waals surface area contributed by atoms with Gasteiger partial charge in [-0.2, -0.15) is 13.2 Å². The second kappa shape index (κ2) is 3.46. The first-order valence-electron chi connectivity index (χ1n) is 4.41. The van der Waals surface area contributed by atoms with E-state index in [1.807, 2.05) is 0 Å². The molecule has 1 saturated carbocycles. The zero-order valence-electron chi connectivity index (χ0n) is 7.27. The SMILES string of the molecule is N[C@H](C(F)(F)F)C1(O)CCCCC1. The highest BCUT2D eigenvalue weighted by atomic mass is 19.4. The highest BCUT2D eigenvalue weighted by Gasteiger charge is 2.50. The first kappa shape index (κ1) is 10.8. The minimum atomic E-state index is -4.49. The van der Waals surface area contributed by atoms with Gasteiger partial charge in [-0.25, -0.2) is 0 Å². The van der Waals surface area contributed by atoms with E-state index in [1.54, 1.807) is 0 Å². The molecule has 0 unspecified atom stereocenters. The summed E-state index contributed by atoms with van der Waals surface area (Å²) < 4.78 is 36.6. The molecule has 0 aromatic rings. The lowest BCUT2D eigenvalue weighted by molar-refractivity contribution is -0.198. The van der Waals surface area contributed by atoms with Crippen molar-refractivity contribution in [2.75, 3.05) is 0 Å². The molecule has 0 heterocycles. The molecular weight excluding hydrogens is 183 g/mol. The first-order valence-corrected chi connectivity index (χ1v) is 4.41. The first-order chi connectivity index (χ1) is 5.86. The van der Waals surface area contributed by atoms with E-state index in [1.165, 1.54) is 0 Å². The van der Waals surface area contributed by atoms with Gasteiger partial charge in [0.25, 0.3) is 0 Å². The van der Waals surface area contributed by atoms with Gasteiger partial charge in [0, 0.05) is 0 Å². The maximum atomic E-state index is 12.2. The molecule has 1 aliphatic rings. The number of halogens is 3. The fraction of sp³-hybridized carbons (Fsp3) is 1.00. The summed E-state index contributed by atoms with van der Waals surface area (Å²) in [6.07, 6.45) is -2.04. The highest BCUT2D eigenvalue weighted by Crippen LogP contribution is 2.36. The van der Waals surface area contributed by atoms with Crippen molar-refractivity contribution in [1.82, 2.24) is 0 Å². The van der Waals surface area contributed by atoms with Gasteiger partial charge in [0.05, 0.1) is 5.60 Å². The largest absolute Gasteiger partial charge is 0.406 e. The van der Waals surface area contributed by atoms with Crippen molar-refractivity contribution in [1.29, 1.82) is 0 Å². The third-order valence-corrected chi connectivity index (χ3v) is 2.65. The van der Waals surface area contributed by atoms with Gasteiger partial charge in [-0.15, -0.1) is 0 Å². The van der Waals surface area contributed by atoms with E-state index in [4.69, 9.17) is 5.73 Å². The molecule has 78 valence electrons. The Labute approximate surface area is 74.9 Å².